The zero-order chi connectivity index (χ0) is 17.1. The summed E-state index contributed by atoms with van der Waals surface area (Å²) in [5.41, 5.74) is 1.35. The molecule has 0 aromatic heterocycles. The van der Waals surface area contributed by atoms with Gasteiger partial charge in [-0.05, 0) is 36.4 Å². The maximum absolute atomic E-state index is 12.4. The maximum atomic E-state index is 12.4. The van der Waals surface area contributed by atoms with E-state index in [1.807, 2.05) is 18.2 Å². The molecule has 2 aromatic rings. The third kappa shape index (κ3) is 3.36. The molecule has 5 nitrogen and oxygen atoms in total. The van der Waals surface area contributed by atoms with E-state index in [0.717, 1.165) is 0 Å². The highest BCUT2D eigenvalue weighted by molar-refractivity contribution is 6.30. The molecular formula is C18H17ClN2O3. The van der Waals surface area contributed by atoms with Gasteiger partial charge in [-0.3, -0.25) is 9.59 Å². The molecular weight excluding hydrogens is 328 g/mol. The number of halogens is 1. The van der Waals surface area contributed by atoms with Gasteiger partial charge in [-0.25, -0.2) is 0 Å². The average molecular weight is 345 g/mol. The van der Waals surface area contributed by atoms with Gasteiger partial charge in [0.05, 0.1) is 18.7 Å². The van der Waals surface area contributed by atoms with Crippen molar-refractivity contribution in [2.24, 2.45) is 5.92 Å². The van der Waals surface area contributed by atoms with Crippen molar-refractivity contribution >= 4 is 34.8 Å². The largest absolute Gasteiger partial charge is 0.495 e. The molecule has 1 N–H and O–H groups in total. The highest BCUT2D eigenvalue weighted by Crippen LogP contribution is 2.33. The van der Waals surface area contributed by atoms with E-state index < -0.39 is 5.92 Å². The lowest BCUT2D eigenvalue weighted by molar-refractivity contribution is -0.122. The summed E-state index contributed by atoms with van der Waals surface area (Å²) in [4.78, 5) is 26.4. The van der Waals surface area contributed by atoms with E-state index in [0.29, 0.717) is 28.7 Å². The second-order valence-electron chi connectivity index (χ2n) is 5.57. The van der Waals surface area contributed by atoms with Crippen LogP contribution in [0.2, 0.25) is 5.02 Å². The van der Waals surface area contributed by atoms with Gasteiger partial charge < -0.3 is 15.0 Å². The highest BCUT2D eigenvalue weighted by Gasteiger charge is 2.36. The standard InChI is InChI=1S/C18H17ClN2O3/c1-24-16-5-3-2-4-15(16)21-11-12(10-17(21)22)18(23)20-14-8-6-13(19)7-9-14/h2-9,12H,10-11H2,1H3,(H,20,23)/t12-/m1/s1. The fraction of sp³-hybridized carbons (Fsp3) is 0.222. The van der Waals surface area contributed by atoms with Crippen LogP contribution in [0.3, 0.4) is 0 Å². The number of hydrogen-bond donors (Lipinski definition) is 1. The van der Waals surface area contributed by atoms with Crippen molar-refractivity contribution in [3.63, 3.8) is 0 Å². The molecule has 0 spiro atoms. The van der Waals surface area contributed by atoms with Gasteiger partial charge in [-0.2, -0.15) is 0 Å². The van der Waals surface area contributed by atoms with E-state index in [1.54, 1.807) is 42.3 Å². The summed E-state index contributed by atoms with van der Waals surface area (Å²) in [6.07, 6.45) is 0.178. The van der Waals surface area contributed by atoms with Crippen LogP contribution in [0, 0.1) is 5.92 Å². The minimum Gasteiger partial charge on any atom is -0.495 e. The van der Waals surface area contributed by atoms with E-state index in [9.17, 15) is 9.59 Å². The van der Waals surface area contributed by atoms with Crippen molar-refractivity contribution in [1.82, 2.24) is 0 Å². The van der Waals surface area contributed by atoms with E-state index in [4.69, 9.17) is 16.3 Å². The summed E-state index contributed by atoms with van der Waals surface area (Å²) < 4.78 is 5.30. The summed E-state index contributed by atoms with van der Waals surface area (Å²) in [5, 5.41) is 3.43. The minimum atomic E-state index is -0.405. The lowest BCUT2D eigenvalue weighted by atomic mass is 10.1. The van der Waals surface area contributed by atoms with Crippen molar-refractivity contribution in [2.75, 3.05) is 23.9 Å². The molecule has 0 saturated carbocycles. The molecule has 2 amide bonds. The molecule has 1 aliphatic rings. The predicted molar refractivity (Wildman–Crippen MR) is 93.5 cm³/mol. The lowest BCUT2D eigenvalue weighted by Gasteiger charge is -2.19. The number of ether oxygens (including phenoxy) is 1. The molecule has 0 unspecified atom stereocenters. The zero-order valence-corrected chi connectivity index (χ0v) is 13.9. The molecule has 0 radical (unpaired) electrons. The number of rotatable bonds is 4. The fourth-order valence-corrected chi connectivity index (χ4v) is 2.87. The summed E-state index contributed by atoms with van der Waals surface area (Å²) in [6, 6.07) is 14.2. The monoisotopic (exact) mass is 344 g/mol. The van der Waals surface area contributed by atoms with E-state index in [1.165, 1.54) is 0 Å². The van der Waals surface area contributed by atoms with Gasteiger partial charge in [0, 0.05) is 23.7 Å². The summed E-state index contributed by atoms with van der Waals surface area (Å²) in [6.45, 7) is 0.332. The number of nitrogens with zero attached hydrogens (tertiary/aromatic N) is 1. The fourth-order valence-electron chi connectivity index (χ4n) is 2.75. The number of anilines is 2. The minimum absolute atomic E-state index is 0.0873. The first-order valence-electron chi connectivity index (χ1n) is 7.58. The molecule has 1 aliphatic heterocycles. The number of hydrogen-bond acceptors (Lipinski definition) is 3. The molecule has 24 heavy (non-hydrogen) atoms. The first-order valence-corrected chi connectivity index (χ1v) is 7.96. The Kier molecular flexibility index (Phi) is 4.71. The van der Waals surface area contributed by atoms with Crippen molar-refractivity contribution in [2.45, 2.75) is 6.42 Å². The van der Waals surface area contributed by atoms with Gasteiger partial charge in [-0.1, -0.05) is 23.7 Å². The van der Waals surface area contributed by atoms with Gasteiger partial charge in [0.25, 0.3) is 0 Å². The molecule has 6 heteroatoms. The SMILES string of the molecule is COc1ccccc1N1C[C@H](C(=O)Nc2ccc(Cl)cc2)CC1=O. The molecule has 1 fully saturated rings. The van der Waals surface area contributed by atoms with Crippen LogP contribution in [0.4, 0.5) is 11.4 Å². The van der Waals surface area contributed by atoms with Gasteiger partial charge >= 0.3 is 0 Å². The average Bonchev–Trinajstić information content (AvgIpc) is 2.98. The Labute approximate surface area is 145 Å². The third-order valence-corrected chi connectivity index (χ3v) is 4.24. The molecule has 1 heterocycles. The summed E-state index contributed by atoms with van der Waals surface area (Å²) in [5.74, 6) is -0.0541. The second-order valence-corrected chi connectivity index (χ2v) is 6.01. The Morgan fingerprint density at radius 3 is 2.62 bits per heavy atom. The Morgan fingerprint density at radius 2 is 1.92 bits per heavy atom. The van der Waals surface area contributed by atoms with Crippen LogP contribution in [-0.2, 0) is 9.59 Å². The predicted octanol–water partition coefficient (Wildman–Crippen LogP) is 3.34. The zero-order valence-electron chi connectivity index (χ0n) is 13.2. The van der Waals surface area contributed by atoms with E-state index in [2.05, 4.69) is 5.32 Å². The van der Waals surface area contributed by atoms with Crippen molar-refractivity contribution in [1.29, 1.82) is 0 Å². The van der Waals surface area contributed by atoms with Crippen molar-refractivity contribution in [3.8, 4) is 5.75 Å². The van der Waals surface area contributed by atoms with Crippen molar-refractivity contribution in [3.05, 3.63) is 53.6 Å². The second kappa shape index (κ2) is 6.93. The highest BCUT2D eigenvalue weighted by atomic mass is 35.5. The molecule has 1 atom stereocenters. The normalized spacial score (nSPS) is 17.0. The lowest BCUT2D eigenvalue weighted by Crippen LogP contribution is -2.28. The molecule has 0 aliphatic carbocycles. The topological polar surface area (TPSA) is 58.6 Å². The van der Waals surface area contributed by atoms with Gasteiger partial charge in [-0.15, -0.1) is 0 Å². The Hall–Kier alpha value is -2.53. The first kappa shape index (κ1) is 16.3. The molecule has 0 bridgehead atoms. The van der Waals surface area contributed by atoms with Gasteiger partial charge in [0.2, 0.25) is 11.8 Å². The number of benzene rings is 2. The quantitative estimate of drug-likeness (QED) is 0.925. The smallest absolute Gasteiger partial charge is 0.229 e. The van der Waals surface area contributed by atoms with Gasteiger partial charge in [0.15, 0.2) is 0 Å². The number of carbonyl (C=O) groups excluding carboxylic acids is 2. The Morgan fingerprint density at radius 1 is 1.21 bits per heavy atom. The van der Waals surface area contributed by atoms with Crippen LogP contribution in [0.25, 0.3) is 0 Å². The van der Waals surface area contributed by atoms with E-state index in [-0.39, 0.29) is 18.2 Å². The number of nitrogens with one attached hydrogen (secondary N) is 1. The Balaban J connectivity index is 1.72. The summed E-state index contributed by atoms with van der Waals surface area (Å²) >= 11 is 5.83. The third-order valence-electron chi connectivity index (χ3n) is 3.98. The van der Waals surface area contributed by atoms with Crippen LogP contribution in [0.5, 0.6) is 5.75 Å². The number of para-hydroxylation sites is 2. The van der Waals surface area contributed by atoms with E-state index >= 15 is 0 Å². The molecule has 1 saturated heterocycles. The van der Waals surface area contributed by atoms with Crippen LogP contribution in [0.1, 0.15) is 6.42 Å². The molecule has 2 aromatic carbocycles. The molecule has 124 valence electrons. The number of methoxy groups -OCH3 is 1. The molecule has 3 rings (SSSR count). The van der Waals surface area contributed by atoms with Gasteiger partial charge in [0.1, 0.15) is 5.75 Å². The first-order chi connectivity index (χ1) is 11.6. The maximum Gasteiger partial charge on any atom is 0.229 e. The van der Waals surface area contributed by atoms with Crippen molar-refractivity contribution < 1.29 is 14.3 Å². The van der Waals surface area contributed by atoms with Crippen LogP contribution in [-0.4, -0.2) is 25.5 Å². The Bertz CT molecular complexity index is 761. The van der Waals surface area contributed by atoms with Crippen LogP contribution < -0.4 is 15.0 Å². The van der Waals surface area contributed by atoms with Crippen LogP contribution >= 0.6 is 11.6 Å². The van der Waals surface area contributed by atoms with Crippen LogP contribution in [0.15, 0.2) is 48.5 Å². The number of amides is 2. The number of carbonyl (C=O) groups is 2. The summed E-state index contributed by atoms with van der Waals surface area (Å²) in [7, 11) is 1.56.